The van der Waals surface area contributed by atoms with Crippen LogP contribution in [0.5, 0.6) is 0 Å². The molecule has 0 aromatic carbocycles. The van der Waals surface area contributed by atoms with Crippen LogP contribution < -0.4 is 10.6 Å². The van der Waals surface area contributed by atoms with E-state index in [2.05, 4.69) is 10.6 Å². The van der Waals surface area contributed by atoms with Crippen molar-refractivity contribution in [2.75, 3.05) is 12.8 Å². The largest absolute Gasteiger partial charge is 0.352 e. The average molecular weight is 274 g/mol. The molecule has 2 N–H and O–H groups in total. The quantitative estimate of drug-likeness (QED) is 0.733. The molecule has 18 heavy (non-hydrogen) atoms. The van der Waals surface area contributed by atoms with Crippen LogP contribution in [0.3, 0.4) is 0 Å². The molecule has 0 saturated heterocycles. The number of carbonyl (C=O) groups excluding carboxylic acids is 1. The molecular weight excluding hydrogens is 248 g/mol. The van der Waals surface area contributed by atoms with Gasteiger partial charge in [-0.3, -0.25) is 9.00 Å². The van der Waals surface area contributed by atoms with Crippen molar-refractivity contribution in [3.63, 3.8) is 0 Å². The molecule has 0 spiro atoms. The van der Waals surface area contributed by atoms with Gasteiger partial charge in [0, 0.05) is 28.3 Å². The smallest absolute Gasteiger partial charge is 0.237 e. The Bertz CT molecular complexity index is 291. The second-order valence-electron chi connectivity index (χ2n) is 5.26. The van der Waals surface area contributed by atoms with Gasteiger partial charge in [0.15, 0.2) is 0 Å². The molecule has 1 amide bonds. The Morgan fingerprint density at radius 2 is 1.94 bits per heavy atom. The first-order valence-electron chi connectivity index (χ1n) is 6.86. The van der Waals surface area contributed by atoms with Crippen molar-refractivity contribution in [2.24, 2.45) is 0 Å². The van der Waals surface area contributed by atoms with Gasteiger partial charge in [-0.25, -0.2) is 0 Å². The van der Waals surface area contributed by atoms with E-state index in [1.54, 1.807) is 6.26 Å². The minimum absolute atomic E-state index is 0.0900. The number of carbonyl (C=O) groups is 1. The third kappa shape index (κ3) is 5.48. The van der Waals surface area contributed by atoms with Crippen molar-refractivity contribution >= 4 is 16.7 Å². The van der Waals surface area contributed by atoms with E-state index in [9.17, 15) is 9.00 Å². The van der Waals surface area contributed by atoms with Crippen LogP contribution in [-0.2, 0) is 15.6 Å². The number of nitrogens with one attached hydrogen (secondary N) is 2. The van der Waals surface area contributed by atoms with Gasteiger partial charge in [-0.1, -0.05) is 19.8 Å². The van der Waals surface area contributed by atoms with Crippen molar-refractivity contribution < 1.29 is 9.00 Å². The highest BCUT2D eigenvalue weighted by molar-refractivity contribution is 7.84. The summed E-state index contributed by atoms with van der Waals surface area (Å²) < 4.78 is 11.2. The Morgan fingerprint density at radius 3 is 2.50 bits per heavy atom. The Balaban J connectivity index is 2.16. The van der Waals surface area contributed by atoms with E-state index in [0.29, 0.717) is 6.04 Å². The zero-order valence-electron chi connectivity index (χ0n) is 11.7. The Labute approximate surface area is 113 Å². The predicted octanol–water partition coefficient (Wildman–Crippen LogP) is 1.18. The normalized spacial score (nSPS) is 21.5. The molecule has 106 valence electrons. The molecule has 0 aliphatic heterocycles. The van der Waals surface area contributed by atoms with Gasteiger partial charge in [-0.2, -0.15) is 0 Å². The zero-order valence-corrected chi connectivity index (χ0v) is 12.5. The number of amides is 1. The maximum absolute atomic E-state index is 11.9. The molecule has 4 nitrogen and oxygen atoms in total. The van der Waals surface area contributed by atoms with Gasteiger partial charge in [-0.05, 0) is 32.7 Å². The van der Waals surface area contributed by atoms with E-state index >= 15 is 0 Å². The molecule has 0 radical (unpaired) electrons. The summed E-state index contributed by atoms with van der Waals surface area (Å²) in [6.45, 7) is 4.60. The summed E-state index contributed by atoms with van der Waals surface area (Å²) in [6.07, 6.45) is 7.25. The van der Waals surface area contributed by atoms with Gasteiger partial charge >= 0.3 is 0 Å². The first-order valence-corrected chi connectivity index (χ1v) is 8.49. The number of hydrogen-bond acceptors (Lipinski definition) is 3. The first-order chi connectivity index (χ1) is 8.50. The molecule has 0 bridgehead atoms. The molecule has 1 rings (SSSR count). The van der Waals surface area contributed by atoms with Crippen molar-refractivity contribution in [1.29, 1.82) is 0 Å². The fourth-order valence-corrected chi connectivity index (χ4v) is 2.61. The van der Waals surface area contributed by atoms with Gasteiger partial charge in [-0.15, -0.1) is 0 Å². The van der Waals surface area contributed by atoms with Gasteiger partial charge in [0.1, 0.15) is 0 Å². The fourth-order valence-electron chi connectivity index (χ4n) is 2.16. The molecule has 1 aliphatic rings. The summed E-state index contributed by atoms with van der Waals surface area (Å²) in [5, 5.41) is 6.46. The standard InChI is InChI=1S/C13H26N2O2S/c1-10(18(3)17)8-9-14-11(2)13(16)15-12-6-4-5-7-12/h10-12,14H,4-9H2,1-3H3,(H,15,16). The summed E-state index contributed by atoms with van der Waals surface area (Å²) >= 11 is 0. The SMILES string of the molecule is CC(NCCC(C)S(C)=O)C(=O)NC1CCCC1. The second-order valence-corrected chi connectivity index (χ2v) is 7.07. The summed E-state index contributed by atoms with van der Waals surface area (Å²) in [6, 6.07) is 0.215. The lowest BCUT2D eigenvalue weighted by Crippen LogP contribution is -2.46. The fraction of sp³-hybridized carbons (Fsp3) is 0.923. The summed E-state index contributed by atoms with van der Waals surface area (Å²) in [7, 11) is -0.780. The molecular formula is C13H26N2O2S. The molecule has 1 saturated carbocycles. The molecule has 5 heteroatoms. The predicted molar refractivity (Wildman–Crippen MR) is 76.0 cm³/mol. The maximum Gasteiger partial charge on any atom is 0.237 e. The Kier molecular flexibility index (Phi) is 6.86. The van der Waals surface area contributed by atoms with Crippen molar-refractivity contribution in [3.8, 4) is 0 Å². The number of rotatable bonds is 7. The Morgan fingerprint density at radius 1 is 1.33 bits per heavy atom. The van der Waals surface area contributed by atoms with Gasteiger partial charge < -0.3 is 10.6 Å². The first kappa shape index (κ1) is 15.6. The van der Waals surface area contributed by atoms with Crippen LogP contribution in [0.1, 0.15) is 46.0 Å². The molecule has 3 atom stereocenters. The van der Waals surface area contributed by atoms with E-state index in [0.717, 1.165) is 25.8 Å². The second kappa shape index (κ2) is 7.89. The zero-order chi connectivity index (χ0) is 13.5. The third-order valence-electron chi connectivity index (χ3n) is 3.66. The van der Waals surface area contributed by atoms with Crippen molar-refractivity contribution in [2.45, 2.75) is 63.3 Å². The van der Waals surface area contributed by atoms with E-state index in [1.807, 2.05) is 13.8 Å². The average Bonchev–Trinajstić information content (AvgIpc) is 2.81. The van der Waals surface area contributed by atoms with Crippen LogP contribution in [0.25, 0.3) is 0 Å². The molecule has 1 aliphatic carbocycles. The lowest BCUT2D eigenvalue weighted by Gasteiger charge is -2.18. The van der Waals surface area contributed by atoms with Crippen LogP contribution in [0, 0.1) is 0 Å². The van der Waals surface area contributed by atoms with Gasteiger partial charge in [0.05, 0.1) is 6.04 Å². The number of hydrogen-bond donors (Lipinski definition) is 2. The van der Waals surface area contributed by atoms with Gasteiger partial charge in [0.25, 0.3) is 0 Å². The highest BCUT2D eigenvalue weighted by atomic mass is 32.2. The van der Waals surface area contributed by atoms with Crippen LogP contribution in [0.2, 0.25) is 0 Å². The minimum atomic E-state index is -0.780. The molecule has 0 aromatic heterocycles. The van der Waals surface area contributed by atoms with Gasteiger partial charge in [0.2, 0.25) is 5.91 Å². The summed E-state index contributed by atoms with van der Waals surface area (Å²) in [5.41, 5.74) is 0. The lowest BCUT2D eigenvalue weighted by molar-refractivity contribution is -0.123. The van der Waals surface area contributed by atoms with E-state index in [1.165, 1.54) is 12.8 Å². The highest BCUT2D eigenvalue weighted by Gasteiger charge is 2.20. The highest BCUT2D eigenvalue weighted by Crippen LogP contribution is 2.17. The van der Waals surface area contributed by atoms with E-state index in [4.69, 9.17) is 0 Å². The molecule has 1 fully saturated rings. The van der Waals surface area contributed by atoms with E-state index < -0.39 is 10.8 Å². The van der Waals surface area contributed by atoms with Crippen molar-refractivity contribution in [1.82, 2.24) is 10.6 Å². The van der Waals surface area contributed by atoms with Crippen LogP contribution >= 0.6 is 0 Å². The lowest BCUT2D eigenvalue weighted by atomic mass is 10.2. The molecule has 0 aromatic rings. The van der Waals surface area contributed by atoms with Crippen molar-refractivity contribution in [3.05, 3.63) is 0 Å². The summed E-state index contributed by atoms with van der Waals surface area (Å²) in [4.78, 5) is 11.9. The summed E-state index contributed by atoms with van der Waals surface area (Å²) in [5.74, 6) is 0.0900. The van der Waals surface area contributed by atoms with Crippen LogP contribution in [0.15, 0.2) is 0 Å². The topological polar surface area (TPSA) is 58.2 Å². The van der Waals surface area contributed by atoms with E-state index in [-0.39, 0.29) is 17.2 Å². The minimum Gasteiger partial charge on any atom is -0.352 e. The molecule has 0 heterocycles. The Hall–Kier alpha value is -0.420. The van der Waals surface area contributed by atoms with Crippen LogP contribution in [0.4, 0.5) is 0 Å². The third-order valence-corrected chi connectivity index (χ3v) is 5.03. The maximum atomic E-state index is 11.9. The molecule has 3 unspecified atom stereocenters. The van der Waals surface area contributed by atoms with Crippen LogP contribution in [-0.4, -0.2) is 40.3 Å². The monoisotopic (exact) mass is 274 g/mol.